The van der Waals surface area contributed by atoms with Crippen LogP contribution in [0.3, 0.4) is 0 Å². The summed E-state index contributed by atoms with van der Waals surface area (Å²) in [6.45, 7) is 6.33. The minimum absolute atomic E-state index is 0.0441. The molecule has 26 heavy (non-hydrogen) atoms. The van der Waals surface area contributed by atoms with Crippen molar-refractivity contribution >= 4 is 17.5 Å². The van der Waals surface area contributed by atoms with Crippen LogP contribution in [0.4, 0.5) is 0 Å². The van der Waals surface area contributed by atoms with Crippen molar-refractivity contribution in [2.45, 2.75) is 31.2 Å². The van der Waals surface area contributed by atoms with Crippen molar-refractivity contribution in [3.8, 4) is 11.4 Å². The van der Waals surface area contributed by atoms with E-state index >= 15 is 0 Å². The number of hydrogen-bond acceptors (Lipinski definition) is 6. The standard InChI is InChI=1S/C19H20N4O2S/c1-4-25-17-8-6-5-7-16(17)23-19(20-21-22-23)26-14(3)18(24)15-11-9-13(2)10-12-15/h5-12,14H,4H2,1-3H3. The molecule has 0 saturated heterocycles. The molecule has 3 aromatic rings. The fourth-order valence-electron chi connectivity index (χ4n) is 2.48. The van der Waals surface area contributed by atoms with Gasteiger partial charge in [-0.2, -0.15) is 4.68 Å². The number of para-hydroxylation sites is 2. The van der Waals surface area contributed by atoms with E-state index in [1.807, 2.05) is 69.3 Å². The van der Waals surface area contributed by atoms with E-state index < -0.39 is 0 Å². The Morgan fingerprint density at radius 3 is 2.65 bits per heavy atom. The fourth-order valence-corrected chi connectivity index (χ4v) is 3.36. The first-order chi connectivity index (χ1) is 12.6. The van der Waals surface area contributed by atoms with Crippen molar-refractivity contribution < 1.29 is 9.53 Å². The zero-order valence-corrected chi connectivity index (χ0v) is 15.7. The van der Waals surface area contributed by atoms with Crippen LogP contribution < -0.4 is 4.74 Å². The third-order valence-electron chi connectivity index (χ3n) is 3.82. The Hall–Kier alpha value is -2.67. The van der Waals surface area contributed by atoms with E-state index in [1.165, 1.54) is 11.8 Å². The molecule has 1 unspecified atom stereocenters. The van der Waals surface area contributed by atoms with Gasteiger partial charge in [0, 0.05) is 5.56 Å². The molecular formula is C19H20N4O2S. The molecule has 0 bridgehead atoms. The summed E-state index contributed by atoms with van der Waals surface area (Å²) in [7, 11) is 0. The Balaban J connectivity index is 1.83. The van der Waals surface area contributed by atoms with Crippen molar-refractivity contribution in [2.75, 3.05) is 6.61 Å². The van der Waals surface area contributed by atoms with Gasteiger partial charge in [-0.1, -0.05) is 53.7 Å². The lowest BCUT2D eigenvalue weighted by Gasteiger charge is -2.12. The summed E-state index contributed by atoms with van der Waals surface area (Å²) in [6, 6.07) is 15.1. The topological polar surface area (TPSA) is 69.9 Å². The van der Waals surface area contributed by atoms with E-state index in [0.717, 1.165) is 11.3 Å². The lowest BCUT2D eigenvalue weighted by molar-refractivity contribution is 0.0994. The van der Waals surface area contributed by atoms with Crippen molar-refractivity contribution in [1.29, 1.82) is 0 Å². The van der Waals surface area contributed by atoms with E-state index in [1.54, 1.807) is 4.68 Å². The summed E-state index contributed by atoms with van der Waals surface area (Å²) in [6.07, 6.45) is 0. The smallest absolute Gasteiger partial charge is 0.214 e. The Labute approximate surface area is 156 Å². The highest BCUT2D eigenvalue weighted by molar-refractivity contribution is 8.00. The molecule has 3 rings (SSSR count). The zero-order chi connectivity index (χ0) is 18.5. The second-order valence-electron chi connectivity index (χ2n) is 5.76. The largest absolute Gasteiger partial charge is 0.492 e. The predicted octanol–water partition coefficient (Wildman–Crippen LogP) is 3.73. The minimum atomic E-state index is -0.318. The highest BCUT2D eigenvalue weighted by Crippen LogP contribution is 2.29. The molecule has 1 atom stereocenters. The SMILES string of the molecule is CCOc1ccccc1-n1nnnc1SC(C)C(=O)c1ccc(C)cc1. The molecule has 0 aliphatic rings. The number of carbonyl (C=O) groups is 1. The van der Waals surface area contributed by atoms with E-state index in [9.17, 15) is 4.79 Å². The van der Waals surface area contributed by atoms with Crippen molar-refractivity contribution in [3.63, 3.8) is 0 Å². The normalized spacial score (nSPS) is 12.0. The van der Waals surface area contributed by atoms with E-state index in [-0.39, 0.29) is 11.0 Å². The monoisotopic (exact) mass is 368 g/mol. The van der Waals surface area contributed by atoms with Gasteiger partial charge in [-0.3, -0.25) is 4.79 Å². The van der Waals surface area contributed by atoms with Gasteiger partial charge in [-0.05, 0) is 43.3 Å². The molecule has 0 spiro atoms. The summed E-state index contributed by atoms with van der Waals surface area (Å²) in [5, 5.41) is 12.2. The van der Waals surface area contributed by atoms with Gasteiger partial charge in [0.15, 0.2) is 5.78 Å². The number of thioether (sulfide) groups is 1. The molecule has 0 N–H and O–H groups in total. The Morgan fingerprint density at radius 1 is 1.19 bits per heavy atom. The third-order valence-corrected chi connectivity index (χ3v) is 4.85. The second-order valence-corrected chi connectivity index (χ2v) is 7.07. The molecule has 0 saturated carbocycles. The highest BCUT2D eigenvalue weighted by Gasteiger charge is 2.21. The maximum atomic E-state index is 12.7. The van der Waals surface area contributed by atoms with Crippen LogP contribution in [0.5, 0.6) is 5.75 Å². The molecule has 0 aliphatic heterocycles. The van der Waals surface area contributed by atoms with E-state index in [0.29, 0.717) is 23.1 Å². The number of hydrogen-bond donors (Lipinski definition) is 0. The van der Waals surface area contributed by atoms with Gasteiger partial charge < -0.3 is 4.74 Å². The van der Waals surface area contributed by atoms with Crippen molar-refractivity contribution in [1.82, 2.24) is 20.2 Å². The van der Waals surface area contributed by atoms with Crippen LogP contribution in [0.2, 0.25) is 0 Å². The molecule has 0 radical (unpaired) electrons. The Morgan fingerprint density at radius 2 is 1.92 bits per heavy atom. The first kappa shape index (κ1) is 18.1. The second kappa shape index (κ2) is 8.14. The van der Waals surface area contributed by atoms with Gasteiger partial charge in [0.25, 0.3) is 0 Å². The fraction of sp³-hybridized carbons (Fsp3) is 0.263. The van der Waals surface area contributed by atoms with Gasteiger partial charge in [0.1, 0.15) is 11.4 Å². The van der Waals surface area contributed by atoms with Crippen LogP contribution in [-0.4, -0.2) is 37.8 Å². The molecule has 1 heterocycles. The number of rotatable bonds is 7. The molecule has 134 valence electrons. The molecule has 7 heteroatoms. The molecule has 0 amide bonds. The average Bonchev–Trinajstić information content (AvgIpc) is 3.10. The van der Waals surface area contributed by atoms with Gasteiger partial charge >= 0.3 is 0 Å². The lowest BCUT2D eigenvalue weighted by atomic mass is 10.1. The van der Waals surface area contributed by atoms with Crippen molar-refractivity contribution in [2.24, 2.45) is 0 Å². The Kier molecular flexibility index (Phi) is 5.68. The number of aryl methyl sites for hydroxylation is 1. The van der Waals surface area contributed by atoms with Gasteiger partial charge in [-0.15, -0.1) is 5.10 Å². The first-order valence-electron chi connectivity index (χ1n) is 8.38. The van der Waals surface area contributed by atoms with Crippen LogP contribution in [0, 0.1) is 6.92 Å². The summed E-state index contributed by atoms with van der Waals surface area (Å²) < 4.78 is 7.26. The Bertz CT molecular complexity index is 893. The molecular weight excluding hydrogens is 348 g/mol. The zero-order valence-electron chi connectivity index (χ0n) is 14.9. The minimum Gasteiger partial charge on any atom is -0.492 e. The summed E-state index contributed by atoms with van der Waals surface area (Å²) >= 11 is 1.33. The number of Topliss-reactive ketones (excluding diaryl/α,β-unsaturated/α-hetero) is 1. The van der Waals surface area contributed by atoms with Gasteiger partial charge in [-0.25, -0.2) is 0 Å². The maximum Gasteiger partial charge on any atom is 0.214 e. The van der Waals surface area contributed by atoms with Crippen molar-refractivity contribution in [3.05, 3.63) is 59.7 Å². The summed E-state index contributed by atoms with van der Waals surface area (Å²) in [4.78, 5) is 12.7. The molecule has 0 fully saturated rings. The number of aromatic nitrogens is 4. The van der Waals surface area contributed by atoms with Crippen LogP contribution in [0.25, 0.3) is 5.69 Å². The number of ketones is 1. The number of ether oxygens (including phenoxy) is 1. The van der Waals surface area contributed by atoms with E-state index in [4.69, 9.17) is 4.74 Å². The molecule has 6 nitrogen and oxygen atoms in total. The van der Waals surface area contributed by atoms with Crippen LogP contribution in [-0.2, 0) is 0 Å². The summed E-state index contributed by atoms with van der Waals surface area (Å²) in [5.74, 6) is 0.740. The average molecular weight is 368 g/mol. The number of carbonyl (C=O) groups excluding carboxylic acids is 1. The van der Waals surface area contributed by atoms with E-state index in [2.05, 4.69) is 15.5 Å². The molecule has 2 aromatic carbocycles. The molecule has 1 aromatic heterocycles. The lowest BCUT2D eigenvalue weighted by Crippen LogP contribution is -2.15. The number of benzene rings is 2. The van der Waals surface area contributed by atoms with Crippen LogP contribution >= 0.6 is 11.8 Å². The quantitative estimate of drug-likeness (QED) is 0.467. The van der Waals surface area contributed by atoms with Gasteiger partial charge in [0.05, 0.1) is 11.9 Å². The number of tetrazole rings is 1. The molecule has 0 aliphatic carbocycles. The maximum absolute atomic E-state index is 12.7. The van der Waals surface area contributed by atoms with Crippen LogP contribution in [0.15, 0.2) is 53.7 Å². The third kappa shape index (κ3) is 3.94. The van der Waals surface area contributed by atoms with Gasteiger partial charge in [0.2, 0.25) is 5.16 Å². The summed E-state index contributed by atoms with van der Waals surface area (Å²) in [5.41, 5.74) is 2.56. The van der Waals surface area contributed by atoms with Crippen LogP contribution in [0.1, 0.15) is 29.8 Å². The number of nitrogens with zero attached hydrogens (tertiary/aromatic N) is 4. The highest BCUT2D eigenvalue weighted by atomic mass is 32.2. The predicted molar refractivity (Wildman–Crippen MR) is 101 cm³/mol. The first-order valence-corrected chi connectivity index (χ1v) is 9.26.